The highest BCUT2D eigenvalue weighted by atomic mass is 35.5. The van der Waals surface area contributed by atoms with Gasteiger partial charge >= 0.3 is 0 Å². The van der Waals surface area contributed by atoms with Crippen LogP contribution in [0.2, 0.25) is 5.02 Å². The van der Waals surface area contributed by atoms with Crippen LogP contribution >= 0.6 is 23.4 Å². The van der Waals surface area contributed by atoms with Gasteiger partial charge in [-0.3, -0.25) is 9.59 Å². The van der Waals surface area contributed by atoms with Crippen LogP contribution in [0.15, 0.2) is 71.6 Å². The molecule has 2 N–H and O–H groups in total. The predicted octanol–water partition coefficient (Wildman–Crippen LogP) is 5.47. The van der Waals surface area contributed by atoms with Crippen LogP contribution in [0, 0.1) is 5.82 Å². The van der Waals surface area contributed by atoms with E-state index in [4.69, 9.17) is 16.3 Å². The van der Waals surface area contributed by atoms with Crippen LogP contribution in [0.3, 0.4) is 0 Å². The van der Waals surface area contributed by atoms with Crippen LogP contribution in [0.4, 0.5) is 15.8 Å². The average molecular weight is 445 g/mol. The van der Waals surface area contributed by atoms with Crippen LogP contribution in [0.1, 0.15) is 10.4 Å². The molecule has 0 radical (unpaired) electrons. The molecule has 3 rings (SSSR count). The zero-order valence-electron chi connectivity index (χ0n) is 15.9. The van der Waals surface area contributed by atoms with Crippen molar-refractivity contribution in [3.05, 3.63) is 83.1 Å². The number of nitrogens with one attached hydrogen (secondary N) is 2. The SMILES string of the molecule is COc1ccc(Cl)cc1NC(=O)CSc1cccc(NC(=O)c2ccc(F)cc2)c1. The van der Waals surface area contributed by atoms with Gasteiger partial charge in [0.25, 0.3) is 5.91 Å². The van der Waals surface area contributed by atoms with Gasteiger partial charge in [-0.05, 0) is 60.7 Å². The smallest absolute Gasteiger partial charge is 0.255 e. The van der Waals surface area contributed by atoms with Crippen molar-refractivity contribution in [2.75, 3.05) is 23.5 Å². The standard InChI is InChI=1S/C22H18ClFN2O3S/c1-29-20-10-7-15(23)11-19(20)26-21(27)13-30-18-4-2-3-17(12-18)25-22(28)14-5-8-16(24)9-6-14/h2-12H,13H2,1H3,(H,25,28)(H,26,27). The minimum absolute atomic E-state index is 0.158. The molecule has 0 unspecified atom stereocenters. The Balaban J connectivity index is 1.59. The van der Waals surface area contributed by atoms with E-state index in [9.17, 15) is 14.0 Å². The fourth-order valence-corrected chi connectivity index (χ4v) is 3.51. The maximum absolute atomic E-state index is 13.0. The van der Waals surface area contributed by atoms with Crippen molar-refractivity contribution in [3.63, 3.8) is 0 Å². The molecule has 0 aliphatic carbocycles. The van der Waals surface area contributed by atoms with E-state index in [-0.39, 0.29) is 17.6 Å². The molecule has 8 heteroatoms. The van der Waals surface area contributed by atoms with Gasteiger partial charge in [-0.2, -0.15) is 0 Å². The third-order valence-electron chi connectivity index (χ3n) is 4.00. The van der Waals surface area contributed by atoms with Gasteiger partial charge in [0.05, 0.1) is 18.6 Å². The largest absolute Gasteiger partial charge is 0.495 e. The Hall–Kier alpha value is -3.03. The molecule has 0 heterocycles. The van der Waals surface area contributed by atoms with Crippen molar-refractivity contribution in [2.45, 2.75) is 4.90 Å². The van der Waals surface area contributed by atoms with Crippen molar-refractivity contribution in [3.8, 4) is 5.75 Å². The minimum Gasteiger partial charge on any atom is -0.495 e. The first-order valence-electron chi connectivity index (χ1n) is 8.88. The average Bonchev–Trinajstić information content (AvgIpc) is 2.73. The highest BCUT2D eigenvalue weighted by molar-refractivity contribution is 8.00. The Labute approximate surface area is 182 Å². The normalized spacial score (nSPS) is 10.4. The summed E-state index contributed by atoms with van der Waals surface area (Å²) >= 11 is 7.29. The first kappa shape index (κ1) is 21.7. The number of carbonyl (C=O) groups is 2. The van der Waals surface area contributed by atoms with Crippen LogP contribution in [-0.2, 0) is 4.79 Å². The van der Waals surface area contributed by atoms with E-state index in [1.54, 1.807) is 36.4 Å². The van der Waals surface area contributed by atoms with E-state index in [1.807, 2.05) is 6.07 Å². The van der Waals surface area contributed by atoms with Gasteiger partial charge in [0, 0.05) is 21.2 Å². The minimum atomic E-state index is -0.404. The summed E-state index contributed by atoms with van der Waals surface area (Å²) < 4.78 is 18.2. The first-order chi connectivity index (χ1) is 14.4. The molecule has 0 aliphatic rings. The lowest BCUT2D eigenvalue weighted by molar-refractivity contribution is -0.113. The maximum Gasteiger partial charge on any atom is 0.255 e. The number of amides is 2. The third kappa shape index (κ3) is 5.98. The second-order valence-electron chi connectivity index (χ2n) is 6.17. The summed E-state index contributed by atoms with van der Waals surface area (Å²) in [5.41, 5.74) is 1.42. The highest BCUT2D eigenvalue weighted by Gasteiger charge is 2.10. The number of rotatable bonds is 7. The van der Waals surface area contributed by atoms with Gasteiger partial charge in [0.15, 0.2) is 0 Å². The number of thioether (sulfide) groups is 1. The highest BCUT2D eigenvalue weighted by Crippen LogP contribution is 2.28. The van der Waals surface area contributed by atoms with Crippen LogP contribution in [0.25, 0.3) is 0 Å². The molecule has 5 nitrogen and oxygen atoms in total. The van der Waals surface area contributed by atoms with Gasteiger partial charge < -0.3 is 15.4 Å². The third-order valence-corrected chi connectivity index (χ3v) is 5.23. The van der Waals surface area contributed by atoms with Crippen molar-refractivity contribution in [2.24, 2.45) is 0 Å². The Kier molecular flexibility index (Phi) is 7.32. The van der Waals surface area contributed by atoms with E-state index in [1.165, 1.54) is 43.1 Å². The lowest BCUT2D eigenvalue weighted by atomic mass is 10.2. The fraction of sp³-hybridized carbons (Fsp3) is 0.0909. The molecular weight excluding hydrogens is 427 g/mol. The van der Waals surface area contributed by atoms with Gasteiger partial charge in [-0.1, -0.05) is 17.7 Å². The summed E-state index contributed by atoms with van der Waals surface area (Å²) in [6.07, 6.45) is 0. The number of ether oxygens (including phenoxy) is 1. The molecule has 3 aromatic carbocycles. The summed E-state index contributed by atoms with van der Waals surface area (Å²) in [4.78, 5) is 25.4. The lowest BCUT2D eigenvalue weighted by Gasteiger charge is -2.11. The zero-order chi connectivity index (χ0) is 21.5. The topological polar surface area (TPSA) is 67.4 Å². The lowest BCUT2D eigenvalue weighted by Crippen LogP contribution is -2.14. The summed E-state index contributed by atoms with van der Waals surface area (Å²) in [5.74, 6) is -0.295. The second-order valence-corrected chi connectivity index (χ2v) is 7.66. The summed E-state index contributed by atoms with van der Waals surface area (Å²) in [6.45, 7) is 0. The fourth-order valence-electron chi connectivity index (χ4n) is 2.58. The molecule has 0 fully saturated rings. The molecule has 0 saturated heterocycles. The number of methoxy groups -OCH3 is 1. The predicted molar refractivity (Wildman–Crippen MR) is 118 cm³/mol. The molecule has 154 valence electrons. The van der Waals surface area contributed by atoms with Gasteiger partial charge in [0.1, 0.15) is 11.6 Å². The molecule has 0 aliphatic heterocycles. The first-order valence-corrected chi connectivity index (χ1v) is 10.2. The van der Waals surface area contributed by atoms with E-state index in [2.05, 4.69) is 10.6 Å². The molecule has 0 aromatic heterocycles. The molecule has 2 amide bonds. The maximum atomic E-state index is 13.0. The molecule has 0 bridgehead atoms. The Morgan fingerprint density at radius 1 is 1.03 bits per heavy atom. The van der Waals surface area contributed by atoms with Gasteiger partial charge in [-0.25, -0.2) is 4.39 Å². The molecule has 0 spiro atoms. The van der Waals surface area contributed by atoms with Crippen molar-refractivity contribution < 1.29 is 18.7 Å². The van der Waals surface area contributed by atoms with Crippen molar-refractivity contribution in [1.29, 1.82) is 0 Å². The van der Waals surface area contributed by atoms with E-state index in [0.29, 0.717) is 27.7 Å². The van der Waals surface area contributed by atoms with Crippen LogP contribution in [-0.4, -0.2) is 24.7 Å². The Morgan fingerprint density at radius 3 is 2.53 bits per heavy atom. The monoisotopic (exact) mass is 444 g/mol. The number of hydrogen-bond acceptors (Lipinski definition) is 4. The van der Waals surface area contributed by atoms with Crippen molar-refractivity contribution in [1.82, 2.24) is 0 Å². The number of carbonyl (C=O) groups excluding carboxylic acids is 2. The molecular formula is C22H18ClFN2O3S. The molecule has 0 saturated carbocycles. The van der Waals surface area contributed by atoms with Gasteiger partial charge in [-0.15, -0.1) is 11.8 Å². The van der Waals surface area contributed by atoms with E-state index < -0.39 is 5.82 Å². The molecule has 0 atom stereocenters. The summed E-state index contributed by atoms with van der Waals surface area (Å²) in [6, 6.07) is 17.4. The number of benzene rings is 3. The number of anilines is 2. The molecule has 30 heavy (non-hydrogen) atoms. The van der Waals surface area contributed by atoms with Gasteiger partial charge in [0.2, 0.25) is 5.91 Å². The van der Waals surface area contributed by atoms with E-state index >= 15 is 0 Å². The Morgan fingerprint density at radius 2 is 1.80 bits per heavy atom. The summed E-state index contributed by atoms with van der Waals surface area (Å²) in [7, 11) is 1.51. The quantitative estimate of drug-likeness (QED) is 0.474. The van der Waals surface area contributed by atoms with Crippen LogP contribution in [0.5, 0.6) is 5.75 Å². The second kappa shape index (κ2) is 10.1. The van der Waals surface area contributed by atoms with E-state index in [0.717, 1.165) is 4.90 Å². The number of hydrogen-bond donors (Lipinski definition) is 2. The number of halogens is 2. The van der Waals surface area contributed by atoms with Crippen LogP contribution < -0.4 is 15.4 Å². The van der Waals surface area contributed by atoms with Crippen molar-refractivity contribution >= 4 is 46.6 Å². The Bertz CT molecular complexity index is 1060. The molecule has 3 aromatic rings. The summed E-state index contributed by atoms with van der Waals surface area (Å²) in [5, 5.41) is 6.03. The zero-order valence-corrected chi connectivity index (χ0v) is 17.5.